The molecule has 0 saturated heterocycles. The molecule has 12 heavy (non-hydrogen) atoms. The largest absolute Gasteiger partial charge is 0.323 e. The van der Waals surface area contributed by atoms with Crippen molar-refractivity contribution < 1.29 is 4.39 Å². The van der Waals surface area contributed by atoms with Gasteiger partial charge in [-0.15, -0.1) is 0 Å². The Hall–Kier alpha value is -0.900. The van der Waals surface area contributed by atoms with Gasteiger partial charge in [0.1, 0.15) is 5.82 Å². The van der Waals surface area contributed by atoms with Gasteiger partial charge in [-0.05, 0) is 17.2 Å². The van der Waals surface area contributed by atoms with Crippen molar-refractivity contribution in [3.63, 3.8) is 0 Å². The number of benzene rings is 1. The average Bonchev–Trinajstić information content (AvgIpc) is 2.05. The number of hydrazone groups is 1. The van der Waals surface area contributed by atoms with Gasteiger partial charge in [-0.1, -0.05) is 28.1 Å². The summed E-state index contributed by atoms with van der Waals surface area (Å²) in [4.78, 5) is 0. The molecular formula is C8H8BrFN2. The summed E-state index contributed by atoms with van der Waals surface area (Å²) in [6.07, 6.45) is 1.40. The van der Waals surface area contributed by atoms with Crippen molar-refractivity contribution in [1.29, 1.82) is 0 Å². The molecule has 2 nitrogen and oxygen atoms in total. The molecule has 0 aliphatic carbocycles. The maximum Gasteiger partial charge on any atom is 0.127 e. The molecule has 1 aromatic carbocycles. The third-order valence-electron chi connectivity index (χ3n) is 1.44. The highest BCUT2D eigenvalue weighted by Gasteiger charge is 1.99. The van der Waals surface area contributed by atoms with E-state index < -0.39 is 0 Å². The highest BCUT2D eigenvalue weighted by atomic mass is 79.9. The van der Waals surface area contributed by atoms with Crippen LogP contribution in [0.25, 0.3) is 0 Å². The zero-order valence-corrected chi connectivity index (χ0v) is 7.88. The van der Waals surface area contributed by atoms with Crippen LogP contribution in [0.4, 0.5) is 4.39 Å². The van der Waals surface area contributed by atoms with Gasteiger partial charge >= 0.3 is 0 Å². The van der Waals surface area contributed by atoms with Gasteiger partial charge in [-0.2, -0.15) is 5.10 Å². The Morgan fingerprint density at radius 2 is 2.33 bits per heavy atom. The summed E-state index contributed by atoms with van der Waals surface area (Å²) in [7, 11) is 0. The topological polar surface area (TPSA) is 38.4 Å². The van der Waals surface area contributed by atoms with Crippen LogP contribution in [0.1, 0.15) is 11.1 Å². The Bertz CT molecular complexity index is 299. The molecule has 0 spiro atoms. The van der Waals surface area contributed by atoms with Crippen LogP contribution in [0, 0.1) is 5.82 Å². The third kappa shape index (κ3) is 2.04. The predicted octanol–water partition coefficient (Wildman–Crippen LogP) is 2.01. The van der Waals surface area contributed by atoms with Gasteiger partial charge in [0.25, 0.3) is 0 Å². The van der Waals surface area contributed by atoms with Crippen LogP contribution >= 0.6 is 15.9 Å². The van der Waals surface area contributed by atoms with Crippen LogP contribution in [-0.2, 0) is 5.33 Å². The van der Waals surface area contributed by atoms with Gasteiger partial charge in [-0.3, -0.25) is 0 Å². The summed E-state index contributed by atoms with van der Waals surface area (Å²) < 4.78 is 13.0. The molecule has 0 heterocycles. The fourth-order valence-electron chi connectivity index (χ4n) is 0.838. The van der Waals surface area contributed by atoms with E-state index in [2.05, 4.69) is 21.0 Å². The lowest BCUT2D eigenvalue weighted by Gasteiger charge is -1.98. The molecule has 4 heteroatoms. The van der Waals surface area contributed by atoms with Crippen LogP contribution in [0.15, 0.2) is 23.3 Å². The highest BCUT2D eigenvalue weighted by Crippen LogP contribution is 2.12. The van der Waals surface area contributed by atoms with Crippen molar-refractivity contribution in [3.05, 3.63) is 35.1 Å². The third-order valence-corrected chi connectivity index (χ3v) is 2.05. The normalized spacial score (nSPS) is 10.8. The molecule has 0 fully saturated rings. The summed E-state index contributed by atoms with van der Waals surface area (Å²) in [6, 6.07) is 4.85. The van der Waals surface area contributed by atoms with Crippen molar-refractivity contribution in [1.82, 2.24) is 0 Å². The molecule has 1 aromatic rings. The summed E-state index contributed by atoms with van der Waals surface area (Å²) >= 11 is 3.17. The Labute approximate surface area is 78.4 Å². The summed E-state index contributed by atoms with van der Waals surface area (Å²) in [5, 5.41) is 3.81. The lowest BCUT2D eigenvalue weighted by Crippen LogP contribution is -1.91. The fraction of sp³-hybridized carbons (Fsp3) is 0.125. The Kier molecular flexibility index (Phi) is 3.22. The van der Waals surface area contributed by atoms with Gasteiger partial charge in [0.2, 0.25) is 0 Å². The van der Waals surface area contributed by atoms with E-state index in [9.17, 15) is 4.39 Å². The van der Waals surface area contributed by atoms with E-state index in [0.29, 0.717) is 16.5 Å². The molecule has 0 radical (unpaired) electrons. The predicted molar refractivity (Wildman–Crippen MR) is 50.8 cm³/mol. The molecule has 0 aliphatic heterocycles. The lowest BCUT2D eigenvalue weighted by molar-refractivity contribution is 0.617. The number of rotatable bonds is 2. The van der Waals surface area contributed by atoms with E-state index in [1.807, 2.05) is 0 Å². The molecule has 0 saturated carbocycles. The van der Waals surface area contributed by atoms with Crippen LogP contribution in [0.5, 0.6) is 0 Å². The van der Waals surface area contributed by atoms with E-state index in [-0.39, 0.29) is 5.82 Å². The minimum absolute atomic E-state index is 0.246. The quantitative estimate of drug-likeness (QED) is 0.359. The first-order valence-corrected chi connectivity index (χ1v) is 4.47. The fourth-order valence-corrected chi connectivity index (χ4v) is 1.29. The van der Waals surface area contributed by atoms with Crippen molar-refractivity contribution in [2.45, 2.75) is 5.33 Å². The van der Waals surface area contributed by atoms with Crippen LogP contribution in [0.2, 0.25) is 0 Å². The van der Waals surface area contributed by atoms with E-state index in [1.54, 1.807) is 12.1 Å². The van der Waals surface area contributed by atoms with E-state index >= 15 is 0 Å². The Morgan fingerprint density at radius 1 is 1.58 bits per heavy atom. The number of nitrogens with two attached hydrogens (primary N) is 1. The first-order valence-electron chi connectivity index (χ1n) is 3.35. The Balaban J connectivity index is 3.01. The summed E-state index contributed by atoms with van der Waals surface area (Å²) in [6.45, 7) is 0. The number of hydrogen-bond donors (Lipinski definition) is 1. The van der Waals surface area contributed by atoms with E-state index in [0.717, 1.165) is 0 Å². The molecule has 0 amide bonds. The lowest BCUT2D eigenvalue weighted by atomic mass is 10.1. The molecule has 0 aliphatic rings. The second-order valence-electron chi connectivity index (χ2n) is 2.26. The second kappa shape index (κ2) is 4.21. The molecule has 0 aromatic heterocycles. The number of nitrogens with zero attached hydrogens (tertiary/aromatic N) is 1. The standard InChI is InChI=1S/C8H8BrFN2/c9-4-7-2-1-6(5-12-11)3-8(7)10/h1-3,5H,4,11H2. The van der Waals surface area contributed by atoms with E-state index in [1.165, 1.54) is 12.3 Å². The van der Waals surface area contributed by atoms with Gasteiger partial charge in [0, 0.05) is 5.33 Å². The van der Waals surface area contributed by atoms with Crippen molar-refractivity contribution in [2.24, 2.45) is 10.9 Å². The monoisotopic (exact) mass is 230 g/mol. The van der Waals surface area contributed by atoms with Crippen LogP contribution in [0.3, 0.4) is 0 Å². The van der Waals surface area contributed by atoms with Gasteiger partial charge in [0.15, 0.2) is 0 Å². The van der Waals surface area contributed by atoms with Crippen LogP contribution < -0.4 is 5.84 Å². The smallest absolute Gasteiger partial charge is 0.127 e. The Morgan fingerprint density at radius 3 is 2.83 bits per heavy atom. The number of alkyl halides is 1. The maximum absolute atomic E-state index is 13.0. The zero-order chi connectivity index (χ0) is 8.97. The van der Waals surface area contributed by atoms with Crippen LogP contribution in [-0.4, -0.2) is 6.21 Å². The molecule has 1 rings (SSSR count). The van der Waals surface area contributed by atoms with Crippen molar-refractivity contribution in [3.8, 4) is 0 Å². The van der Waals surface area contributed by atoms with Gasteiger partial charge in [0.05, 0.1) is 6.21 Å². The van der Waals surface area contributed by atoms with Gasteiger partial charge < -0.3 is 5.84 Å². The average molecular weight is 231 g/mol. The summed E-state index contributed by atoms with van der Waals surface area (Å²) in [5.74, 6) is 4.67. The maximum atomic E-state index is 13.0. The number of hydrogen-bond acceptors (Lipinski definition) is 2. The van der Waals surface area contributed by atoms with Crippen molar-refractivity contribution in [2.75, 3.05) is 0 Å². The molecule has 2 N–H and O–H groups in total. The minimum Gasteiger partial charge on any atom is -0.323 e. The molecule has 0 unspecified atom stereocenters. The number of halogens is 2. The summed E-state index contributed by atoms with van der Waals surface area (Å²) in [5.41, 5.74) is 1.30. The first-order chi connectivity index (χ1) is 5.77. The van der Waals surface area contributed by atoms with E-state index in [4.69, 9.17) is 5.84 Å². The van der Waals surface area contributed by atoms with Gasteiger partial charge in [-0.25, -0.2) is 4.39 Å². The molecule has 0 atom stereocenters. The molecular weight excluding hydrogens is 223 g/mol. The highest BCUT2D eigenvalue weighted by molar-refractivity contribution is 9.08. The SMILES string of the molecule is NN=Cc1ccc(CBr)c(F)c1. The zero-order valence-electron chi connectivity index (χ0n) is 6.30. The molecule has 64 valence electrons. The van der Waals surface area contributed by atoms with Crippen molar-refractivity contribution >= 4 is 22.1 Å². The second-order valence-corrected chi connectivity index (χ2v) is 2.82. The minimum atomic E-state index is -0.246. The molecule has 0 bridgehead atoms. The first kappa shape index (κ1) is 9.19.